The smallest absolute Gasteiger partial charge is 0.0548 e. The van der Waals surface area contributed by atoms with Crippen LogP contribution in [0.4, 0.5) is 0 Å². The molecule has 21 heavy (non-hydrogen) atoms. The predicted octanol–water partition coefficient (Wildman–Crippen LogP) is 3.59. The molecule has 1 fully saturated rings. The van der Waals surface area contributed by atoms with Crippen molar-refractivity contribution >= 4 is 10.8 Å². The van der Waals surface area contributed by atoms with E-state index in [0.29, 0.717) is 5.25 Å². The predicted molar refractivity (Wildman–Crippen MR) is 89.9 cm³/mol. The minimum Gasteiger partial charge on any atom is -0.312 e. The van der Waals surface area contributed by atoms with E-state index in [1.807, 2.05) is 7.05 Å². The Morgan fingerprint density at radius 3 is 2.76 bits per heavy atom. The van der Waals surface area contributed by atoms with Crippen molar-refractivity contribution in [2.75, 3.05) is 7.05 Å². The molecule has 3 heteroatoms. The van der Waals surface area contributed by atoms with E-state index in [1.54, 1.807) is 0 Å². The summed E-state index contributed by atoms with van der Waals surface area (Å²) in [6.45, 7) is 2.31. The van der Waals surface area contributed by atoms with Crippen molar-refractivity contribution in [2.24, 2.45) is 5.92 Å². The van der Waals surface area contributed by atoms with Crippen LogP contribution in [0.5, 0.6) is 0 Å². The van der Waals surface area contributed by atoms with Gasteiger partial charge in [-0.1, -0.05) is 44.0 Å². The van der Waals surface area contributed by atoms with Gasteiger partial charge in [0.05, 0.1) is 5.25 Å². The first-order valence-corrected chi connectivity index (χ1v) is 9.62. The van der Waals surface area contributed by atoms with Gasteiger partial charge in [-0.15, -0.1) is 0 Å². The van der Waals surface area contributed by atoms with Crippen LogP contribution in [0.25, 0.3) is 0 Å². The lowest BCUT2D eigenvalue weighted by Gasteiger charge is -2.36. The van der Waals surface area contributed by atoms with Crippen LogP contribution in [-0.2, 0) is 17.2 Å². The number of fused-ring (bicyclic) bond motifs is 1. The Labute approximate surface area is 131 Å². The monoisotopic (exact) mass is 305 g/mol. The van der Waals surface area contributed by atoms with E-state index < -0.39 is 10.8 Å². The lowest BCUT2D eigenvalue weighted by atomic mass is 9.87. The van der Waals surface area contributed by atoms with Crippen LogP contribution in [-0.4, -0.2) is 21.8 Å². The van der Waals surface area contributed by atoms with Crippen LogP contribution in [0.2, 0.25) is 0 Å². The Bertz CT molecular complexity index is 516. The molecule has 0 aromatic heterocycles. The molecule has 2 aliphatic carbocycles. The molecule has 3 rings (SSSR count). The number of hydrogen-bond donors (Lipinski definition) is 1. The van der Waals surface area contributed by atoms with Gasteiger partial charge in [0, 0.05) is 22.1 Å². The fourth-order valence-electron chi connectivity index (χ4n) is 4.16. The maximum Gasteiger partial charge on any atom is 0.0548 e. The summed E-state index contributed by atoms with van der Waals surface area (Å²) in [5.74, 6) is 0.747. The summed E-state index contributed by atoms with van der Waals surface area (Å²) in [5.41, 5.74) is 2.80. The molecule has 0 saturated heterocycles. The molecule has 1 N–H and O–H groups in total. The first-order valence-electron chi connectivity index (χ1n) is 8.35. The van der Waals surface area contributed by atoms with Gasteiger partial charge in [0.15, 0.2) is 0 Å². The lowest BCUT2D eigenvalue weighted by Crippen LogP contribution is -2.41. The summed E-state index contributed by atoms with van der Waals surface area (Å²) < 4.78 is 13.1. The van der Waals surface area contributed by atoms with Crippen LogP contribution < -0.4 is 5.32 Å². The van der Waals surface area contributed by atoms with Gasteiger partial charge in [0.2, 0.25) is 0 Å². The molecule has 0 heterocycles. The Morgan fingerprint density at radius 1 is 1.19 bits per heavy atom. The SMILES string of the molecule is CNC1c2ccccc2CCC1S(=O)C1CCCC(C)C1. The van der Waals surface area contributed by atoms with Gasteiger partial charge in [0.25, 0.3) is 0 Å². The molecule has 2 nitrogen and oxygen atoms in total. The normalized spacial score (nSPS) is 34.2. The second-order valence-corrected chi connectivity index (χ2v) is 8.69. The first kappa shape index (κ1) is 15.2. The van der Waals surface area contributed by atoms with Crippen molar-refractivity contribution in [3.63, 3.8) is 0 Å². The molecule has 2 aliphatic rings. The molecule has 0 spiro atoms. The summed E-state index contributed by atoms with van der Waals surface area (Å²) in [6, 6.07) is 8.92. The van der Waals surface area contributed by atoms with E-state index in [2.05, 4.69) is 36.5 Å². The highest BCUT2D eigenvalue weighted by Crippen LogP contribution is 2.37. The topological polar surface area (TPSA) is 29.1 Å². The second-order valence-electron chi connectivity index (χ2n) is 6.76. The summed E-state index contributed by atoms with van der Waals surface area (Å²) >= 11 is 0. The quantitative estimate of drug-likeness (QED) is 0.924. The van der Waals surface area contributed by atoms with Crippen LogP contribution in [0.3, 0.4) is 0 Å². The van der Waals surface area contributed by atoms with E-state index >= 15 is 0 Å². The average molecular weight is 305 g/mol. The maximum absolute atomic E-state index is 13.1. The largest absolute Gasteiger partial charge is 0.312 e. The average Bonchev–Trinajstić information content (AvgIpc) is 2.53. The van der Waals surface area contributed by atoms with Crippen molar-refractivity contribution in [3.8, 4) is 0 Å². The van der Waals surface area contributed by atoms with E-state index in [-0.39, 0.29) is 11.3 Å². The van der Waals surface area contributed by atoms with Crippen LogP contribution in [0.15, 0.2) is 24.3 Å². The highest BCUT2D eigenvalue weighted by molar-refractivity contribution is 7.86. The molecule has 0 bridgehead atoms. The van der Waals surface area contributed by atoms with Crippen molar-refractivity contribution in [3.05, 3.63) is 35.4 Å². The summed E-state index contributed by atoms with van der Waals surface area (Å²) in [7, 11) is 1.30. The molecule has 1 aromatic rings. The number of aryl methyl sites for hydroxylation is 1. The fraction of sp³-hybridized carbons (Fsp3) is 0.667. The van der Waals surface area contributed by atoms with Crippen molar-refractivity contribution in [2.45, 2.75) is 62.0 Å². The molecule has 0 aliphatic heterocycles. The van der Waals surface area contributed by atoms with Gasteiger partial charge >= 0.3 is 0 Å². The fourth-order valence-corrected chi connectivity index (χ4v) is 6.47. The Kier molecular flexibility index (Phi) is 4.80. The number of benzene rings is 1. The molecule has 0 amide bonds. The molecular weight excluding hydrogens is 278 g/mol. The third kappa shape index (κ3) is 3.09. The Hall–Kier alpha value is -0.670. The number of hydrogen-bond acceptors (Lipinski definition) is 2. The summed E-state index contributed by atoms with van der Waals surface area (Å²) in [4.78, 5) is 0. The number of nitrogens with one attached hydrogen (secondary N) is 1. The maximum atomic E-state index is 13.1. The lowest BCUT2D eigenvalue weighted by molar-refractivity contribution is 0.384. The van der Waals surface area contributed by atoms with Crippen molar-refractivity contribution < 1.29 is 4.21 Å². The molecular formula is C18H27NOS. The minimum absolute atomic E-state index is 0.257. The molecule has 5 unspecified atom stereocenters. The molecule has 0 radical (unpaired) electrons. The second kappa shape index (κ2) is 6.62. The van der Waals surface area contributed by atoms with Gasteiger partial charge in [0.1, 0.15) is 0 Å². The van der Waals surface area contributed by atoms with E-state index in [9.17, 15) is 4.21 Å². The van der Waals surface area contributed by atoms with E-state index in [1.165, 1.54) is 24.0 Å². The van der Waals surface area contributed by atoms with Gasteiger partial charge in [-0.3, -0.25) is 4.21 Å². The van der Waals surface area contributed by atoms with Crippen LogP contribution in [0.1, 0.15) is 56.2 Å². The van der Waals surface area contributed by atoms with Gasteiger partial charge in [-0.2, -0.15) is 0 Å². The zero-order valence-corrected chi connectivity index (χ0v) is 14.0. The minimum atomic E-state index is -0.713. The molecule has 1 aromatic carbocycles. The van der Waals surface area contributed by atoms with E-state index in [4.69, 9.17) is 0 Å². The molecule has 1 saturated carbocycles. The zero-order valence-electron chi connectivity index (χ0n) is 13.2. The van der Waals surface area contributed by atoms with Crippen LogP contribution in [0, 0.1) is 5.92 Å². The highest BCUT2D eigenvalue weighted by atomic mass is 32.2. The highest BCUT2D eigenvalue weighted by Gasteiger charge is 2.36. The van der Waals surface area contributed by atoms with Gasteiger partial charge < -0.3 is 5.32 Å². The third-order valence-corrected chi connectivity index (χ3v) is 7.48. The Balaban J connectivity index is 1.80. The standard InChI is InChI=1S/C18H27NOS/c1-13-6-5-8-15(12-13)21(20)17-11-10-14-7-3-4-9-16(14)18(17)19-2/h3-4,7,9,13,15,17-19H,5-6,8,10-12H2,1-2H3. The first-order chi connectivity index (χ1) is 10.2. The van der Waals surface area contributed by atoms with Crippen molar-refractivity contribution in [1.82, 2.24) is 5.32 Å². The third-order valence-electron chi connectivity index (χ3n) is 5.29. The summed E-state index contributed by atoms with van der Waals surface area (Å²) in [5, 5.41) is 4.14. The molecule has 5 atom stereocenters. The van der Waals surface area contributed by atoms with Gasteiger partial charge in [-0.25, -0.2) is 0 Å². The van der Waals surface area contributed by atoms with E-state index in [0.717, 1.165) is 31.6 Å². The van der Waals surface area contributed by atoms with Crippen LogP contribution >= 0.6 is 0 Å². The number of rotatable bonds is 3. The van der Waals surface area contributed by atoms with Crippen molar-refractivity contribution in [1.29, 1.82) is 0 Å². The zero-order chi connectivity index (χ0) is 14.8. The molecule has 116 valence electrons. The Morgan fingerprint density at radius 2 is 2.00 bits per heavy atom. The summed E-state index contributed by atoms with van der Waals surface area (Å²) in [6.07, 6.45) is 7.02. The van der Waals surface area contributed by atoms with Gasteiger partial charge in [-0.05, 0) is 49.8 Å².